The number of carbonyl (C=O) groups excluding carboxylic acids is 2. The second-order valence-electron chi connectivity index (χ2n) is 10.6. The molecule has 0 saturated heterocycles. The van der Waals surface area contributed by atoms with Gasteiger partial charge in [-0.2, -0.15) is 0 Å². The largest absolute Gasteiger partial charge is 0.292 e. The van der Waals surface area contributed by atoms with Crippen LogP contribution in [-0.4, -0.2) is 35.1 Å². The van der Waals surface area contributed by atoms with Gasteiger partial charge in [0.15, 0.2) is 0 Å². The first-order valence-electron chi connectivity index (χ1n) is 14.6. The van der Waals surface area contributed by atoms with Gasteiger partial charge in [0.1, 0.15) is 0 Å². The van der Waals surface area contributed by atoms with Crippen molar-refractivity contribution in [2.75, 3.05) is 0 Å². The molecule has 4 fully saturated rings. The van der Waals surface area contributed by atoms with Crippen molar-refractivity contribution in [3.8, 4) is 0 Å². The van der Waals surface area contributed by atoms with Gasteiger partial charge in [0.25, 0.3) is 0 Å². The Balaban J connectivity index is 0. The summed E-state index contributed by atoms with van der Waals surface area (Å²) in [6, 6.07) is 0.838. The third-order valence-electron chi connectivity index (χ3n) is 7.51. The number of nitrogens with zero attached hydrogens (tertiary/aromatic N) is 4. The van der Waals surface area contributed by atoms with Crippen LogP contribution in [0.1, 0.15) is 136 Å². The Hall–Kier alpha value is 0.564. The Labute approximate surface area is 285 Å². The zero-order valence-corrected chi connectivity index (χ0v) is 31.4. The predicted molar refractivity (Wildman–Crippen MR) is 190 cm³/mol. The SMILES string of the molecule is C.NC1CCCCC1.O=C(O)C1CCCCC1.O=C=NC1CCCCC1.[I][V]([I])[I].[N-]=[N+]=NC(=O)C1CCCCC1. The van der Waals surface area contributed by atoms with Gasteiger partial charge in [0.2, 0.25) is 12.0 Å². The maximum Gasteiger partial charge on any atom is 0.222 e. The fourth-order valence-corrected chi connectivity index (χ4v) is 5.24. The molecule has 4 aliphatic carbocycles. The summed E-state index contributed by atoms with van der Waals surface area (Å²) >= 11 is 7.39. The van der Waals surface area contributed by atoms with Gasteiger partial charge in [-0.25, -0.2) is 9.79 Å². The second kappa shape index (κ2) is 30.6. The molecule has 0 spiro atoms. The van der Waals surface area contributed by atoms with Crippen LogP contribution in [0.5, 0.6) is 0 Å². The summed E-state index contributed by atoms with van der Waals surface area (Å²) in [6.07, 6.45) is 24.7. The number of amides is 1. The number of isocyanates is 1. The van der Waals surface area contributed by atoms with Crippen LogP contribution in [0.15, 0.2) is 10.1 Å². The van der Waals surface area contributed by atoms with Gasteiger partial charge >= 0.3 is 70.8 Å². The van der Waals surface area contributed by atoms with E-state index in [0.717, 1.165) is 64.2 Å². The summed E-state index contributed by atoms with van der Waals surface area (Å²) in [5.74, 6) is -0.889. The van der Waals surface area contributed by atoms with Crippen LogP contribution < -0.4 is 5.73 Å². The van der Waals surface area contributed by atoms with Gasteiger partial charge in [-0.3, -0.25) is 9.59 Å². The fourth-order valence-electron chi connectivity index (χ4n) is 5.24. The maximum absolute atomic E-state index is 11.0. The van der Waals surface area contributed by atoms with E-state index in [1.807, 2.05) is 0 Å². The number of hydrogen-bond acceptors (Lipinski definition) is 5. The molecule has 3 N–H and O–H groups in total. The molecule has 4 saturated carbocycles. The fraction of sp³-hybridized carbons (Fsp3) is 0.893. The van der Waals surface area contributed by atoms with Crippen molar-refractivity contribution in [2.24, 2.45) is 27.7 Å². The van der Waals surface area contributed by atoms with Crippen molar-refractivity contribution in [3.05, 3.63) is 10.4 Å². The Morgan fingerprint density at radius 1 is 0.756 bits per heavy atom. The van der Waals surface area contributed by atoms with Crippen LogP contribution >= 0.6 is 59.9 Å². The van der Waals surface area contributed by atoms with Crippen LogP contribution in [0, 0.1) is 11.8 Å². The van der Waals surface area contributed by atoms with Crippen molar-refractivity contribution in [2.45, 2.75) is 148 Å². The minimum absolute atomic E-state index is 0. The molecule has 0 atom stereocenters. The van der Waals surface area contributed by atoms with E-state index in [-0.39, 0.29) is 30.1 Å². The van der Waals surface area contributed by atoms with E-state index < -0.39 is 5.97 Å². The first-order valence-corrected chi connectivity index (χ1v) is 28.1. The van der Waals surface area contributed by atoms with E-state index >= 15 is 0 Å². The normalized spacial score (nSPS) is 19.6. The first-order chi connectivity index (χ1) is 19.2. The van der Waals surface area contributed by atoms with E-state index in [2.05, 4.69) is 75.0 Å². The van der Waals surface area contributed by atoms with Gasteiger partial charge in [-0.1, -0.05) is 84.5 Å². The molecule has 0 bridgehead atoms. The summed E-state index contributed by atoms with van der Waals surface area (Å²) < 4.78 is 0. The number of halogens is 3. The molecule has 9 nitrogen and oxygen atoms in total. The van der Waals surface area contributed by atoms with Gasteiger partial charge in [-0.15, -0.1) is 0 Å². The number of azide groups is 1. The molecule has 0 aliphatic heterocycles. The van der Waals surface area contributed by atoms with Crippen molar-refractivity contribution in [1.82, 2.24) is 0 Å². The molecule has 0 radical (unpaired) electrons. The Morgan fingerprint density at radius 3 is 1.41 bits per heavy atom. The quantitative estimate of drug-likeness (QED) is 0.0719. The van der Waals surface area contributed by atoms with E-state index in [1.54, 1.807) is 6.08 Å². The van der Waals surface area contributed by atoms with E-state index in [1.165, 1.54) is 64.2 Å². The molecule has 0 unspecified atom stereocenters. The van der Waals surface area contributed by atoms with E-state index in [0.29, 0.717) is 12.1 Å². The minimum Gasteiger partial charge on any atom is -0.292 e. The summed E-state index contributed by atoms with van der Waals surface area (Å²) in [6.45, 7) is 0. The number of carboxylic acids is 1. The van der Waals surface area contributed by atoms with Crippen LogP contribution in [0.25, 0.3) is 10.4 Å². The Kier molecular flexibility index (Phi) is 32.6. The van der Waals surface area contributed by atoms with Crippen molar-refractivity contribution in [1.29, 1.82) is 0 Å². The zero-order chi connectivity index (χ0) is 30.0. The van der Waals surface area contributed by atoms with E-state index in [4.69, 9.17) is 16.4 Å². The molecular weight excluding hydrogens is 902 g/mol. The second-order valence-corrected chi connectivity index (χ2v) is 46.0. The topological polar surface area (TPSA) is 159 Å². The van der Waals surface area contributed by atoms with Crippen molar-refractivity contribution >= 4 is 77.9 Å². The number of aliphatic imine (C=N–C) groups is 1. The average Bonchev–Trinajstić information content (AvgIpc) is 2.96. The first kappa shape index (κ1) is 43.7. The number of carbonyl (C=O) groups is 2. The summed E-state index contributed by atoms with van der Waals surface area (Å²) in [5.41, 5.74) is 13.6. The smallest absolute Gasteiger partial charge is 0.222 e. The average molecular weight is 953 g/mol. The van der Waals surface area contributed by atoms with Gasteiger partial charge in [0, 0.05) is 16.9 Å². The van der Waals surface area contributed by atoms with Crippen molar-refractivity contribution < 1.29 is 24.4 Å². The third kappa shape index (κ3) is 27.8. The molecular formula is C28H51I3N5O4V. The molecule has 0 aromatic rings. The molecule has 0 aromatic heterocycles. The molecule has 1 amide bonds. The third-order valence-corrected chi connectivity index (χ3v) is 7.51. The van der Waals surface area contributed by atoms with E-state index in [9.17, 15) is 14.4 Å². The number of nitrogens with two attached hydrogens (primary N) is 1. The number of hydrogen-bond donors (Lipinski definition) is 2. The summed E-state index contributed by atoms with van der Waals surface area (Å²) in [5, 5.41) is 11.6. The number of carboxylic acid groups (broad SMARTS) is 1. The molecule has 0 heterocycles. The summed E-state index contributed by atoms with van der Waals surface area (Å²) in [7, 11) is 0. The number of aliphatic carboxylic acids is 1. The van der Waals surface area contributed by atoms with Crippen LogP contribution in [0.4, 0.5) is 0 Å². The van der Waals surface area contributed by atoms with Gasteiger partial charge < -0.3 is 10.8 Å². The summed E-state index contributed by atoms with van der Waals surface area (Å²) in [4.78, 5) is 37.0. The van der Waals surface area contributed by atoms with Crippen LogP contribution in [0.3, 0.4) is 0 Å². The monoisotopic (exact) mass is 953 g/mol. The van der Waals surface area contributed by atoms with Gasteiger partial charge in [0.05, 0.1) is 12.0 Å². The van der Waals surface area contributed by atoms with Crippen LogP contribution in [-0.2, 0) is 19.3 Å². The molecule has 0 aromatic carbocycles. The van der Waals surface area contributed by atoms with Gasteiger partial charge in [-0.05, 0) is 62.0 Å². The molecule has 4 rings (SSSR count). The maximum atomic E-state index is 11.0. The molecule has 238 valence electrons. The molecule has 4 aliphatic rings. The Morgan fingerprint density at radius 2 is 1.12 bits per heavy atom. The minimum atomic E-state index is -0.602. The molecule has 41 heavy (non-hydrogen) atoms. The predicted octanol–water partition coefficient (Wildman–Crippen LogP) is 10.3. The standard InChI is InChI=1S/C7H11N3O.C7H11NO.C7H12O2.C6H13N.CH4.3HI.V/c8-10-9-7(11)6-4-2-1-3-5-6;9-6-8-7-4-2-1-3-5-7;8-7(9)6-4-2-1-3-5-6;7-6-4-2-1-3-5-6;;;;;/h6H,1-5H2;7H,1-5H2;6H,1-5H2,(H,8,9);6H,1-5,7H2;1H4;3*1H;/q;;;;;;;;+3/p-3. The Bertz CT molecular complexity index is 741. The number of rotatable bonds is 3. The molecule has 13 heteroatoms. The van der Waals surface area contributed by atoms with Crippen LogP contribution in [0.2, 0.25) is 0 Å². The zero-order valence-electron chi connectivity index (χ0n) is 23.6. The van der Waals surface area contributed by atoms with Crippen molar-refractivity contribution in [3.63, 3.8) is 0 Å².